The van der Waals surface area contributed by atoms with E-state index in [-0.39, 0.29) is 5.91 Å². The van der Waals surface area contributed by atoms with Crippen LogP contribution in [0.1, 0.15) is 18.1 Å². The van der Waals surface area contributed by atoms with Crippen molar-refractivity contribution in [2.24, 2.45) is 5.10 Å². The van der Waals surface area contributed by atoms with Crippen molar-refractivity contribution in [3.63, 3.8) is 0 Å². The van der Waals surface area contributed by atoms with Gasteiger partial charge >= 0.3 is 0 Å². The molecule has 132 valence electrons. The second-order valence-electron chi connectivity index (χ2n) is 5.39. The minimum absolute atomic E-state index is 0.348. The highest BCUT2D eigenvalue weighted by atomic mass is 16.5. The van der Waals surface area contributed by atoms with Crippen LogP contribution in [0.5, 0.6) is 17.2 Å². The summed E-state index contributed by atoms with van der Waals surface area (Å²) in [4.78, 5) is 12.1. The first kappa shape index (κ1) is 18.3. The number of para-hydroxylation sites is 1. The average molecular weight is 342 g/mol. The maximum absolute atomic E-state index is 12.1. The van der Waals surface area contributed by atoms with Crippen molar-refractivity contribution in [2.45, 2.75) is 20.0 Å². The number of hydrogen-bond donors (Lipinski definition) is 1. The second-order valence-corrected chi connectivity index (χ2v) is 5.39. The summed E-state index contributed by atoms with van der Waals surface area (Å²) in [6.07, 6.45) is 0.824. The Morgan fingerprint density at radius 3 is 2.48 bits per heavy atom. The van der Waals surface area contributed by atoms with E-state index in [0.29, 0.717) is 22.8 Å². The third kappa shape index (κ3) is 4.97. The lowest BCUT2D eigenvalue weighted by molar-refractivity contribution is -0.127. The predicted molar refractivity (Wildman–Crippen MR) is 96.6 cm³/mol. The van der Waals surface area contributed by atoms with Crippen LogP contribution in [0, 0.1) is 6.92 Å². The second kappa shape index (κ2) is 8.73. The maximum Gasteiger partial charge on any atom is 0.280 e. The van der Waals surface area contributed by atoms with Gasteiger partial charge < -0.3 is 14.2 Å². The molecule has 0 fully saturated rings. The highest BCUT2D eigenvalue weighted by Gasteiger charge is 2.14. The van der Waals surface area contributed by atoms with Crippen molar-refractivity contribution in [1.29, 1.82) is 0 Å². The molecule has 0 bridgehead atoms. The van der Waals surface area contributed by atoms with Crippen molar-refractivity contribution in [1.82, 2.24) is 5.43 Å². The number of benzene rings is 2. The van der Waals surface area contributed by atoms with Crippen LogP contribution in [-0.2, 0) is 4.79 Å². The molecular weight excluding hydrogens is 320 g/mol. The lowest BCUT2D eigenvalue weighted by Crippen LogP contribution is -2.33. The minimum Gasteiger partial charge on any atom is -0.493 e. The number of carbonyl (C=O) groups is 1. The summed E-state index contributed by atoms with van der Waals surface area (Å²) < 4.78 is 16.1. The van der Waals surface area contributed by atoms with Gasteiger partial charge in [-0.1, -0.05) is 23.8 Å². The zero-order chi connectivity index (χ0) is 18.2. The van der Waals surface area contributed by atoms with E-state index in [1.165, 1.54) is 6.21 Å². The fourth-order valence-corrected chi connectivity index (χ4v) is 2.14. The Hall–Kier alpha value is -3.02. The molecule has 1 unspecified atom stereocenters. The molecular formula is C19H22N2O4. The largest absolute Gasteiger partial charge is 0.493 e. The summed E-state index contributed by atoms with van der Waals surface area (Å²) in [5.74, 6) is 1.42. The predicted octanol–water partition coefficient (Wildman–Crippen LogP) is 2.93. The molecule has 1 atom stereocenters. The summed E-state index contributed by atoms with van der Waals surface area (Å²) >= 11 is 0. The van der Waals surface area contributed by atoms with Gasteiger partial charge in [-0.05, 0) is 38.1 Å². The quantitative estimate of drug-likeness (QED) is 0.620. The topological polar surface area (TPSA) is 69.2 Å². The van der Waals surface area contributed by atoms with Crippen LogP contribution in [0.3, 0.4) is 0 Å². The van der Waals surface area contributed by atoms with E-state index in [0.717, 1.165) is 5.56 Å². The van der Waals surface area contributed by atoms with Crippen molar-refractivity contribution >= 4 is 12.1 Å². The number of hydrogen-bond acceptors (Lipinski definition) is 5. The van der Waals surface area contributed by atoms with Crippen LogP contribution in [0.2, 0.25) is 0 Å². The number of carbonyl (C=O) groups excluding carboxylic acids is 1. The van der Waals surface area contributed by atoms with Crippen molar-refractivity contribution < 1.29 is 19.0 Å². The zero-order valence-corrected chi connectivity index (χ0v) is 14.8. The van der Waals surface area contributed by atoms with Gasteiger partial charge in [-0.2, -0.15) is 5.10 Å². The summed E-state index contributed by atoms with van der Waals surface area (Å²) in [6.45, 7) is 3.65. The molecule has 25 heavy (non-hydrogen) atoms. The van der Waals surface area contributed by atoms with Crippen molar-refractivity contribution in [3.05, 3.63) is 53.6 Å². The molecule has 6 heteroatoms. The first-order chi connectivity index (χ1) is 12.0. The number of nitrogens with one attached hydrogen (secondary N) is 1. The third-order valence-corrected chi connectivity index (χ3v) is 3.51. The molecule has 0 spiro atoms. The number of ether oxygens (including phenoxy) is 3. The molecule has 2 aromatic carbocycles. The van der Waals surface area contributed by atoms with E-state index >= 15 is 0 Å². The van der Waals surface area contributed by atoms with Crippen LogP contribution < -0.4 is 19.6 Å². The maximum atomic E-state index is 12.1. The SMILES string of the molecule is COc1cccc(/C=N/NC(=O)C(C)Oc2ccc(C)cc2)c1OC. The molecule has 0 aliphatic carbocycles. The monoisotopic (exact) mass is 342 g/mol. The molecule has 2 aromatic rings. The van der Waals surface area contributed by atoms with E-state index in [2.05, 4.69) is 10.5 Å². The fourth-order valence-electron chi connectivity index (χ4n) is 2.14. The molecule has 0 heterocycles. The van der Waals surface area contributed by atoms with Crippen molar-refractivity contribution in [3.8, 4) is 17.2 Å². The Morgan fingerprint density at radius 2 is 1.84 bits per heavy atom. The molecule has 0 aliphatic rings. The van der Waals surface area contributed by atoms with Gasteiger partial charge in [0, 0.05) is 5.56 Å². The molecule has 0 saturated carbocycles. The third-order valence-electron chi connectivity index (χ3n) is 3.51. The molecule has 6 nitrogen and oxygen atoms in total. The van der Waals surface area contributed by atoms with Crippen LogP contribution >= 0.6 is 0 Å². The Morgan fingerprint density at radius 1 is 1.12 bits per heavy atom. The van der Waals surface area contributed by atoms with E-state index in [1.807, 2.05) is 43.3 Å². The van der Waals surface area contributed by atoms with Crippen LogP contribution in [0.15, 0.2) is 47.6 Å². The lowest BCUT2D eigenvalue weighted by Gasteiger charge is -2.13. The van der Waals surface area contributed by atoms with Gasteiger partial charge in [-0.3, -0.25) is 4.79 Å². The smallest absolute Gasteiger partial charge is 0.280 e. The molecule has 0 radical (unpaired) electrons. The first-order valence-electron chi connectivity index (χ1n) is 7.82. The summed E-state index contributed by atoms with van der Waals surface area (Å²) in [6, 6.07) is 12.9. The van der Waals surface area contributed by atoms with Crippen LogP contribution in [0.4, 0.5) is 0 Å². The number of hydrazone groups is 1. The Balaban J connectivity index is 1.97. The van der Waals surface area contributed by atoms with Crippen LogP contribution in [0.25, 0.3) is 0 Å². The van der Waals surface area contributed by atoms with E-state index in [1.54, 1.807) is 27.2 Å². The molecule has 1 N–H and O–H groups in total. The Labute approximate surface area is 147 Å². The van der Waals surface area contributed by atoms with E-state index in [4.69, 9.17) is 14.2 Å². The summed E-state index contributed by atoms with van der Waals surface area (Å²) in [5, 5.41) is 3.96. The first-order valence-corrected chi connectivity index (χ1v) is 7.82. The Kier molecular flexibility index (Phi) is 6.39. The van der Waals surface area contributed by atoms with E-state index in [9.17, 15) is 4.79 Å². The standard InChI is InChI=1S/C19H22N2O4/c1-13-8-10-16(11-9-13)25-14(2)19(22)21-20-12-15-6-5-7-17(23-3)18(15)24-4/h5-12,14H,1-4H3,(H,21,22)/b20-12+. The average Bonchev–Trinajstić information content (AvgIpc) is 2.63. The van der Waals surface area contributed by atoms with Crippen LogP contribution in [-0.4, -0.2) is 32.4 Å². The Bertz CT molecular complexity index is 742. The molecule has 0 saturated heterocycles. The number of aryl methyl sites for hydroxylation is 1. The van der Waals surface area contributed by atoms with Gasteiger partial charge in [0.1, 0.15) is 5.75 Å². The van der Waals surface area contributed by atoms with Gasteiger partial charge in [-0.25, -0.2) is 5.43 Å². The van der Waals surface area contributed by atoms with Gasteiger partial charge in [0.15, 0.2) is 17.6 Å². The number of rotatable bonds is 7. The number of methoxy groups -OCH3 is 2. The van der Waals surface area contributed by atoms with Gasteiger partial charge in [0.2, 0.25) is 0 Å². The highest BCUT2D eigenvalue weighted by molar-refractivity contribution is 5.87. The van der Waals surface area contributed by atoms with E-state index < -0.39 is 6.10 Å². The number of nitrogens with zero attached hydrogens (tertiary/aromatic N) is 1. The molecule has 0 aromatic heterocycles. The highest BCUT2D eigenvalue weighted by Crippen LogP contribution is 2.29. The molecule has 0 aliphatic heterocycles. The minimum atomic E-state index is -0.674. The fraction of sp³-hybridized carbons (Fsp3) is 0.263. The summed E-state index contributed by atoms with van der Waals surface area (Å²) in [5.41, 5.74) is 4.28. The normalized spacial score (nSPS) is 11.8. The summed E-state index contributed by atoms with van der Waals surface area (Å²) in [7, 11) is 3.11. The lowest BCUT2D eigenvalue weighted by atomic mass is 10.2. The van der Waals surface area contributed by atoms with Gasteiger partial charge in [0.25, 0.3) is 5.91 Å². The number of amides is 1. The van der Waals surface area contributed by atoms with Crippen molar-refractivity contribution in [2.75, 3.05) is 14.2 Å². The molecule has 1 amide bonds. The van der Waals surface area contributed by atoms with Gasteiger partial charge in [0.05, 0.1) is 20.4 Å². The van der Waals surface area contributed by atoms with Gasteiger partial charge in [-0.15, -0.1) is 0 Å². The zero-order valence-electron chi connectivity index (χ0n) is 14.8. The molecule has 2 rings (SSSR count).